The molecule has 0 aromatic rings. The van der Waals surface area contributed by atoms with Crippen LogP contribution in [0.3, 0.4) is 0 Å². The number of allylic oxidation sites excluding steroid dienone is 4. The molecule has 6 heteroatoms. The zero-order chi connectivity index (χ0) is 52.2. The molecule has 0 saturated carbocycles. The standard InChI is InChI=1S/C66H124O6/c1-4-7-10-13-16-19-22-25-27-29-30-31-32-33-34-35-36-37-39-41-44-47-50-53-56-59-65(68)71-62-63(61-70-64(67)58-55-52-49-46-43-40-24-21-18-15-12-9-6-3)72-66(69)60-57-54-51-48-45-42-38-28-26-23-20-17-14-11-8-5-2/h22,25,29-30,63H,4-21,23-24,26-28,31-62H2,1-3H3/b25-22-,30-29-. The van der Waals surface area contributed by atoms with E-state index in [1.165, 1.54) is 257 Å². The molecular weight excluding hydrogens is 889 g/mol. The van der Waals surface area contributed by atoms with Gasteiger partial charge in [0.25, 0.3) is 0 Å². The highest BCUT2D eigenvalue weighted by molar-refractivity contribution is 5.71. The van der Waals surface area contributed by atoms with E-state index in [9.17, 15) is 14.4 Å². The Bertz CT molecular complexity index is 1160. The van der Waals surface area contributed by atoms with Crippen LogP contribution in [0.2, 0.25) is 0 Å². The summed E-state index contributed by atoms with van der Waals surface area (Å²) in [6, 6.07) is 0. The quantitative estimate of drug-likeness (QED) is 0.0261. The van der Waals surface area contributed by atoms with Gasteiger partial charge in [-0.15, -0.1) is 0 Å². The van der Waals surface area contributed by atoms with Crippen LogP contribution < -0.4 is 0 Å². The van der Waals surface area contributed by atoms with Crippen molar-refractivity contribution in [1.82, 2.24) is 0 Å². The Morgan fingerprint density at radius 2 is 0.500 bits per heavy atom. The summed E-state index contributed by atoms with van der Waals surface area (Å²) in [5.41, 5.74) is 0. The average Bonchev–Trinajstić information content (AvgIpc) is 3.38. The summed E-state index contributed by atoms with van der Waals surface area (Å²) in [5, 5.41) is 0. The number of rotatable bonds is 60. The minimum Gasteiger partial charge on any atom is -0.462 e. The van der Waals surface area contributed by atoms with Gasteiger partial charge in [0.05, 0.1) is 0 Å². The highest BCUT2D eigenvalue weighted by Gasteiger charge is 2.19. The third-order valence-electron chi connectivity index (χ3n) is 14.7. The first kappa shape index (κ1) is 69.9. The molecule has 0 aliphatic heterocycles. The van der Waals surface area contributed by atoms with E-state index < -0.39 is 6.10 Å². The predicted octanol–water partition coefficient (Wildman–Crippen LogP) is 21.8. The van der Waals surface area contributed by atoms with E-state index in [0.29, 0.717) is 19.3 Å². The molecule has 0 saturated heterocycles. The first-order valence-corrected chi connectivity index (χ1v) is 32.3. The molecule has 424 valence electrons. The third-order valence-corrected chi connectivity index (χ3v) is 14.7. The second-order valence-electron chi connectivity index (χ2n) is 22.0. The van der Waals surface area contributed by atoms with E-state index in [0.717, 1.165) is 64.2 Å². The molecule has 0 radical (unpaired) electrons. The van der Waals surface area contributed by atoms with Gasteiger partial charge in [0, 0.05) is 19.3 Å². The van der Waals surface area contributed by atoms with Crippen molar-refractivity contribution in [1.29, 1.82) is 0 Å². The molecule has 0 aliphatic carbocycles. The zero-order valence-corrected chi connectivity index (χ0v) is 48.7. The van der Waals surface area contributed by atoms with Crippen molar-refractivity contribution in [2.24, 2.45) is 0 Å². The fourth-order valence-electron chi connectivity index (χ4n) is 9.83. The normalized spacial score (nSPS) is 12.1. The van der Waals surface area contributed by atoms with Crippen LogP contribution in [0, 0.1) is 0 Å². The first-order valence-electron chi connectivity index (χ1n) is 32.3. The van der Waals surface area contributed by atoms with Crippen molar-refractivity contribution in [2.45, 2.75) is 367 Å². The topological polar surface area (TPSA) is 78.9 Å². The molecule has 0 spiro atoms. The summed E-state index contributed by atoms with van der Waals surface area (Å²) in [5.74, 6) is -0.837. The van der Waals surface area contributed by atoms with Crippen LogP contribution in [-0.2, 0) is 28.6 Å². The van der Waals surface area contributed by atoms with Crippen molar-refractivity contribution in [3.8, 4) is 0 Å². The predicted molar refractivity (Wildman–Crippen MR) is 312 cm³/mol. The second kappa shape index (κ2) is 61.4. The fraction of sp³-hybridized carbons (Fsp3) is 0.894. The van der Waals surface area contributed by atoms with Crippen LogP contribution in [0.4, 0.5) is 0 Å². The number of esters is 3. The highest BCUT2D eigenvalue weighted by atomic mass is 16.6. The van der Waals surface area contributed by atoms with Crippen molar-refractivity contribution in [3.63, 3.8) is 0 Å². The van der Waals surface area contributed by atoms with Crippen LogP contribution in [0.15, 0.2) is 24.3 Å². The van der Waals surface area contributed by atoms with Crippen LogP contribution in [-0.4, -0.2) is 37.2 Å². The Morgan fingerprint density at radius 3 is 0.764 bits per heavy atom. The number of hydrogen-bond donors (Lipinski definition) is 0. The van der Waals surface area contributed by atoms with Gasteiger partial charge in [-0.25, -0.2) is 0 Å². The summed E-state index contributed by atoms with van der Waals surface area (Å²) in [7, 11) is 0. The molecule has 0 bridgehead atoms. The molecule has 1 unspecified atom stereocenters. The van der Waals surface area contributed by atoms with Gasteiger partial charge in [-0.1, -0.05) is 315 Å². The van der Waals surface area contributed by atoms with Crippen molar-refractivity contribution >= 4 is 17.9 Å². The average molecular weight is 1010 g/mol. The van der Waals surface area contributed by atoms with Gasteiger partial charge in [0.2, 0.25) is 0 Å². The van der Waals surface area contributed by atoms with Gasteiger partial charge in [0.15, 0.2) is 6.10 Å². The Kier molecular flexibility index (Phi) is 59.6. The van der Waals surface area contributed by atoms with Crippen LogP contribution in [0.1, 0.15) is 361 Å². The van der Waals surface area contributed by atoms with Gasteiger partial charge in [-0.3, -0.25) is 14.4 Å². The van der Waals surface area contributed by atoms with Crippen molar-refractivity contribution < 1.29 is 28.6 Å². The Morgan fingerprint density at radius 1 is 0.278 bits per heavy atom. The molecule has 0 amide bonds. The number of unbranched alkanes of at least 4 members (excludes halogenated alkanes) is 45. The second-order valence-corrected chi connectivity index (χ2v) is 22.0. The van der Waals surface area contributed by atoms with Crippen LogP contribution in [0.25, 0.3) is 0 Å². The van der Waals surface area contributed by atoms with E-state index in [2.05, 4.69) is 45.1 Å². The van der Waals surface area contributed by atoms with Crippen molar-refractivity contribution in [3.05, 3.63) is 24.3 Å². The number of carbonyl (C=O) groups excluding carboxylic acids is 3. The molecule has 0 heterocycles. The van der Waals surface area contributed by atoms with E-state index >= 15 is 0 Å². The maximum absolute atomic E-state index is 12.9. The lowest BCUT2D eigenvalue weighted by atomic mass is 10.0. The third kappa shape index (κ3) is 58.8. The molecule has 0 aromatic carbocycles. The van der Waals surface area contributed by atoms with E-state index in [1.54, 1.807) is 0 Å². The molecule has 0 aromatic heterocycles. The minimum atomic E-state index is -0.766. The fourth-order valence-corrected chi connectivity index (χ4v) is 9.83. The summed E-state index contributed by atoms with van der Waals surface area (Å²) in [4.78, 5) is 38.3. The molecule has 0 fully saturated rings. The summed E-state index contributed by atoms with van der Waals surface area (Å²) in [6.45, 7) is 6.70. The summed E-state index contributed by atoms with van der Waals surface area (Å²) in [6.07, 6.45) is 73.3. The van der Waals surface area contributed by atoms with Crippen LogP contribution in [0.5, 0.6) is 0 Å². The van der Waals surface area contributed by atoms with Gasteiger partial charge in [-0.2, -0.15) is 0 Å². The molecule has 0 N–H and O–H groups in total. The first-order chi connectivity index (χ1) is 35.5. The SMILES string of the molecule is CCCCCCC/C=C\C/C=C\CCCCCCCCCCCCCCCC(=O)OCC(COC(=O)CCCCCCCCCCCCCCC)OC(=O)CCCCCCCCCCCCCCCCCC. The lowest BCUT2D eigenvalue weighted by Crippen LogP contribution is -2.30. The molecule has 0 rings (SSSR count). The number of carbonyl (C=O) groups is 3. The zero-order valence-electron chi connectivity index (χ0n) is 48.7. The number of hydrogen-bond acceptors (Lipinski definition) is 6. The Balaban J connectivity index is 4.22. The maximum Gasteiger partial charge on any atom is 0.306 e. The molecule has 1 atom stereocenters. The minimum absolute atomic E-state index is 0.0646. The monoisotopic (exact) mass is 1010 g/mol. The van der Waals surface area contributed by atoms with E-state index in [4.69, 9.17) is 14.2 Å². The molecule has 6 nitrogen and oxygen atoms in total. The van der Waals surface area contributed by atoms with E-state index in [-0.39, 0.29) is 31.1 Å². The van der Waals surface area contributed by atoms with Crippen molar-refractivity contribution in [2.75, 3.05) is 13.2 Å². The lowest BCUT2D eigenvalue weighted by Gasteiger charge is -2.18. The number of ether oxygens (including phenoxy) is 3. The maximum atomic E-state index is 12.9. The summed E-state index contributed by atoms with van der Waals surface area (Å²) >= 11 is 0. The van der Waals surface area contributed by atoms with E-state index in [1.807, 2.05) is 0 Å². The van der Waals surface area contributed by atoms with Gasteiger partial charge < -0.3 is 14.2 Å². The van der Waals surface area contributed by atoms with Gasteiger partial charge in [-0.05, 0) is 51.4 Å². The molecule has 72 heavy (non-hydrogen) atoms. The summed E-state index contributed by atoms with van der Waals surface area (Å²) < 4.78 is 16.9. The van der Waals surface area contributed by atoms with Gasteiger partial charge in [0.1, 0.15) is 13.2 Å². The molecule has 0 aliphatic rings. The molecular formula is C66H124O6. The smallest absolute Gasteiger partial charge is 0.306 e. The Labute approximate surface area is 449 Å². The van der Waals surface area contributed by atoms with Gasteiger partial charge >= 0.3 is 17.9 Å². The lowest BCUT2D eigenvalue weighted by molar-refractivity contribution is -0.167. The Hall–Kier alpha value is -2.11. The van der Waals surface area contributed by atoms with Crippen LogP contribution >= 0.6 is 0 Å². The highest BCUT2D eigenvalue weighted by Crippen LogP contribution is 2.18. The largest absolute Gasteiger partial charge is 0.462 e.